The molecule has 0 aliphatic heterocycles. The van der Waals surface area contributed by atoms with Crippen LogP contribution in [0.25, 0.3) is 28.3 Å². The highest BCUT2D eigenvalue weighted by Gasteiger charge is 2.41. The van der Waals surface area contributed by atoms with E-state index in [4.69, 9.17) is 35.6 Å². The third-order valence-corrected chi connectivity index (χ3v) is 7.16. The Hall–Kier alpha value is -4.99. The van der Waals surface area contributed by atoms with E-state index in [0.29, 0.717) is 35.3 Å². The smallest absolute Gasteiger partial charge is 0.167 e. The Labute approximate surface area is 237 Å². The third kappa shape index (κ3) is 4.82. The number of hydrogen-bond acceptors (Lipinski definition) is 8. The van der Waals surface area contributed by atoms with Crippen LogP contribution in [-0.2, 0) is 16.9 Å². The zero-order valence-electron chi connectivity index (χ0n) is 22.8. The molecule has 2 unspecified atom stereocenters. The molecule has 0 fully saturated rings. The Balaban J connectivity index is 1.44. The molecule has 0 amide bonds. The lowest BCUT2D eigenvalue weighted by molar-refractivity contribution is 0.00912. The molecule has 1 aliphatic carbocycles. The molecule has 2 aromatic carbocycles. The van der Waals surface area contributed by atoms with Gasteiger partial charge in [0.1, 0.15) is 12.3 Å². The summed E-state index contributed by atoms with van der Waals surface area (Å²) in [6.07, 6.45) is 8.96. The van der Waals surface area contributed by atoms with Crippen molar-refractivity contribution in [3.05, 3.63) is 121 Å². The maximum absolute atomic E-state index is 6.47. The molecule has 4 N–H and O–H groups in total. The standard InChI is InChI=1S/C32H30N6O3/c1-39-26-18-22(11-13-25(26)41-20-21-8-4-3-5-9-21)29-30(38-17-7-6-10-28(38)37-29)24-15-16-35-31(36-24)32(40-2)19-23(33)12-14-27(32)34/h3-19,27H,20,33-34H2,1-2H3. The molecular weight excluding hydrogens is 516 g/mol. The van der Waals surface area contributed by atoms with Gasteiger partial charge in [-0.3, -0.25) is 4.40 Å². The summed E-state index contributed by atoms with van der Waals surface area (Å²) in [4.78, 5) is 14.5. The lowest BCUT2D eigenvalue weighted by Gasteiger charge is -2.34. The molecule has 5 aromatic rings. The fraction of sp³-hybridized carbons (Fsp3) is 0.156. The van der Waals surface area contributed by atoms with Crippen LogP contribution < -0.4 is 20.9 Å². The molecule has 206 valence electrons. The average molecular weight is 547 g/mol. The second-order valence-corrected chi connectivity index (χ2v) is 9.67. The summed E-state index contributed by atoms with van der Waals surface area (Å²) in [7, 11) is 3.20. The summed E-state index contributed by atoms with van der Waals surface area (Å²) < 4.78 is 19.7. The van der Waals surface area contributed by atoms with Gasteiger partial charge in [-0.15, -0.1) is 0 Å². The van der Waals surface area contributed by atoms with E-state index in [9.17, 15) is 0 Å². The minimum absolute atomic E-state index is 0.399. The van der Waals surface area contributed by atoms with Gasteiger partial charge in [0.2, 0.25) is 0 Å². The molecule has 1 aliphatic rings. The first-order valence-electron chi connectivity index (χ1n) is 13.2. The molecule has 3 aromatic heterocycles. The number of rotatable bonds is 8. The first kappa shape index (κ1) is 26.2. The van der Waals surface area contributed by atoms with Crippen LogP contribution >= 0.6 is 0 Å². The highest BCUT2D eigenvalue weighted by Crippen LogP contribution is 2.38. The number of nitrogens with two attached hydrogens (primary N) is 2. The van der Waals surface area contributed by atoms with Gasteiger partial charge in [-0.2, -0.15) is 0 Å². The monoisotopic (exact) mass is 546 g/mol. The summed E-state index contributed by atoms with van der Waals surface area (Å²) in [6, 6.07) is 23.0. The molecule has 41 heavy (non-hydrogen) atoms. The first-order chi connectivity index (χ1) is 20.0. The average Bonchev–Trinajstić information content (AvgIpc) is 3.41. The number of imidazole rings is 1. The van der Waals surface area contributed by atoms with E-state index in [1.807, 2.05) is 83.4 Å². The topological polar surface area (TPSA) is 123 Å². The molecule has 9 heteroatoms. The number of fused-ring (bicyclic) bond motifs is 1. The van der Waals surface area contributed by atoms with Crippen LogP contribution in [0.15, 0.2) is 109 Å². The maximum atomic E-state index is 6.47. The van der Waals surface area contributed by atoms with Gasteiger partial charge >= 0.3 is 0 Å². The van der Waals surface area contributed by atoms with Crippen LogP contribution in [-0.4, -0.2) is 39.6 Å². The van der Waals surface area contributed by atoms with Crippen molar-refractivity contribution >= 4 is 5.65 Å². The number of ether oxygens (including phenoxy) is 3. The molecule has 0 spiro atoms. The van der Waals surface area contributed by atoms with Crippen LogP contribution in [0.4, 0.5) is 0 Å². The van der Waals surface area contributed by atoms with Gasteiger partial charge in [0.05, 0.1) is 30.2 Å². The molecule has 3 heterocycles. The third-order valence-electron chi connectivity index (χ3n) is 7.16. The van der Waals surface area contributed by atoms with Gasteiger partial charge < -0.3 is 25.7 Å². The lowest BCUT2D eigenvalue weighted by Crippen LogP contribution is -2.47. The van der Waals surface area contributed by atoms with E-state index in [1.54, 1.807) is 38.6 Å². The summed E-state index contributed by atoms with van der Waals surface area (Å²) in [5.41, 5.74) is 16.9. The Kier molecular flexibility index (Phi) is 6.96. The van der Waals surface area contributed by atoms with Gasteiger partial charge in [0.15, 0.2) is 22.9 Å². The van der Waals surface area contributed by atoms with E-state index in [-0.39, 0.29) is 0 Å². The zero-order valence-corrected chi connectivity index (χ0v) is 22.8. The van der Waals surface area contributed by atoms with E-state index < -0.39 is 11.6 Å². The number of hydrogen-bond donors (Lipinski definition) is 2. The number of pyridine rings is 1. The normalized spacial score (nSPS) is 18.3. The van der Waals surface area contributed by atoms with Crippen molar-refractivity contribution in [1.29, 1.82) is 0 Å². The summed E-state index contributed by atoms with van der Waals surface area (Å²) >= 11 is 0. The molecule has 6 rings (SSSR count). The maximum Gasteiger partial charge on any atom is 0.167 e. The van der Waals surface area contributed by atoms with Gasteiger partial charge in [-0.05, 0) is 54.1 Å². The Morgan fingerprint density at radius 2 is 1.78 bits per heavy atom. The lowest BCUT2D eigenvalue weighted by atomic mass is 9.88. The van der Waals surface area contributed by atoms with Crippen molar-refractivity contribution in [2.75, 3.05) is 14.2 Å². The predicted molar refractivity (Wildman–Crippen MR) is 157 cm³/mol. The number of methoxy groups -OCH3 is 2. The second kappa shape index (κ2) is 10.9. The van der Waals surface area contributed by atoms with Crippen molar-refractivity contribution in [3.8, 4) is 34.1 Å². The van der Waals surface area contributed by atoms with Gasteiger partial charge in [-0.25, -0.2) is 15.0 Å². The first-order valence-corrected chi connectivity index (χ1v) is 13.2. The summed E-state index contributed by atoms with van der Waals surface area (Å²) in [5.74, 6) is 1.64. The zero-order chi connectivity index (χ0) is 28.4. The summed E-state index contributed by atoms with van der Waals surface area (Å²) in [6.45, 7) is 0.428. The predicted octanol–water partition coefficient (Wildman–Crippen LogP) is 4.63. The number of nitrogens with zero attached hydrogens (tertiary/aromatic N) is 4. The minimum Gasteiger partial charge on any atom is -0.493 e. The fourth-order valence-corrected chi connectivity index (χ4v) is 5.04. The van der Waals surface area contributed by atoms with E-state index >= 15 is 0 Å². The van der Waals surface area contributed by atoms with E-state index in [1.165, 1.54) is 0 Å². The summed E-state index contributed by atoms with van der Waals surface area (Å²) in [5, 5.41) is 0. The number of benzene rings is 2. The molecule has 9 nitrogen and oxygen atoms in total. The second-order valence-electron chi connectivity index (χ2n) is 9.67. The Morgan fingerprint density at radius 3 is 2.59 bits per heavy atom. The number of allylic oxidation sites excluding steroid dienone is 1. The molecule has 0 saturated carbocycles. The Morgan fingerprint density at radius 1 is 0.951 bits per heavy atom. The highest BCUT2D eigenvalue weighted by atomic mass is 16.5. The molecular formula is C32H30N6O3. The van der Waals surface area contributed by atoms with Crippen molar-refractivity contribution in [2.24, 2.45) is 11.5 Å². The van der Waals surface area contributed by atoms with Crippen molar-refractivity contribution in [1.82, 2.24) is 19.4 Å². The van der Waals surface area contributed by atoms with Gasteiger partial charge in [0, 0.05) is 30.8 Å². The van der Waals surface area contributed by atoms with Crippen molar-refractivity contribution < 1.29 is 14.2 Å². The largest absolute Gasteiger partial charge is 0.493 e. The minimum atomic E-state index is -1.11. The van der Waals surface area contributed by atoms with Gasteiger partial charge in [0.25, 0.3) is 0 Å². The molecule has 2 atom stereocenters. The SMILES string of the molecule is COc1cc(-c2nc3ccccn3c2-c2ccnc(C3(OC)C=C(N)C=CC3N)n2)ccc1OCc1ccccc1. The molecule has 0 bridgehead atoms. The van der Waals surface area contributed by atoms with Crippen LogP contribution in [0.5, 0.6) is 11.5 Å². The Bertz CT molecular complexity index is 1760. The van der Waals surface area contributed by atoms with Crippen LogP contribution in [0, 0.1) is 0 Å². The van der Waals surface area contributed by atoms with E-state index in [0.717, 1.165) is 28.2 Å². The van der Waals surface area contributed by atoms with Gasteiger partial charge in [-0.1, -0.05) is 42.5 Å². The quantitative estimate of drug-likeness (QED) is 0.289. The van der Waals surface area contributed by atoms with Crippen molar-refractivity contribution in [2.45, 2.75) is 18.2 Å². The number of aromatic nitrogens is 4. The van der Waals surface area contributed by atoms with Crippen LogP contribution in [0.2, 0.25) is 0 Å². The fourth-order valence-electron chi connectivity index (χ4n) is 5.04. The van der Waals surface area contributed by atoms with Crippen molar-refractivity contribution in [3.63, 3.8) is 0 Å². The van der Waals surface area contributed by atoms with Crippen LogP contribution in [0.1, 0.15) is 11.4 Å². The molecule has 0 radical (unpaired) electrons. The van der Waals surface area contributed by atoms with Crippen LogP contribution in [0.3, 0.4) is 0 Å². The van der Waals surface area contributed by atoms with E-state index in [2.05, 4.69) is 4.98 Å². The molecule has 0 saturated heterocycles. The highest BCUT2D eigenvalue weighted by molar-refractivity contribution is 5.81.